The number of aromatic amines is 1. The predicted octanol–water partition coefficient (Wildman–Crippen LogP) is 4.29. The number of carbonyl (C=O) groups excluding carboxylic acids is 2. The number of H-pyrrole nitrogens is 1. The Kier molecular flexibility index (Phi) is 6.47. The van der Waals surface area contributed by atoms with Crippen LogP contribution in [0.4, 0.5) is 28.9 Å². The van der Waals surface area contributed by atoms with Crippen LogP contribution >= 0.6 is 12.2 Å². The minimum Gasteiger partial charge on any atom is -0.345 e. The van der Waals surface area contributed by atoms with Crippen LogP contribution < -0.4 is 15.1 Å². The SMILES string of the molecule is CC1(C)C(=O)N(c2ccc(C#N)c(C(F)(F)F)c2)C(=S)N1c1ccc(CNC(=O)c2ncc[nH]2)c(F)c1. The summed E-state index contributed by atoms with van der Waals surface area (Å²) in [7, 11) is 0. The minimum atomic E-state index is -4.83. The molecule has 0 spiro atoms. The van der Waals surface area contributed by atoms with Crippen LogP contribution in [0.5, 0.6) is 0 Å². The summed E-state index contributed by atoms with van der Waals surface area (Å²) in [5, 5.41) is 11.4. The van der Waals surface area contributed by atoms with Crippen molar-refractivity contribution in [2.75, 3.05) is 9.80 Å². The van der Waals surface area contributed by atoms with Gasteiger partial charge in [0.15, 0.2) is 10.9 Å². The number of hydrogen-bond donors (Lipinski definition) is 2. The first-order chi connectivity index (χ1) is 17.4. The lowest BCUT2D eigenvalue weighted by Crippen LogP contribution is -2.44. The number of halogens is 4. The van der Waals surface area contributed by atoms with Crippen LogP contribution in [0.1, 0.15) is 41.2 Å². The van der Waals surface area contributed by atoms with Crippen LogP contribution in [0.15, 0.2) is 48.8 Å². The Morgan fingerprint density at radius 1 is 1.22 bits per heavy atom. The lowest BCUT2D eigenvalue weighted by atomic mass is 10.0. The van der Waals surface area contributed by atoms with E-state index in [0.29, 0.717) is 6.07 Å². The number of carbonyl (C=O) groups is 2. The molecule has 190 valence electrons. The predicted molar refractivity (Wildman–Crippen MR) is 129 cm³/mol. The maximum atomic E-state index is 15.0. The van der Waals surface area contributed by atoms with Crippen molar-refractivity contribution in [3.05, 3.63) is 77.1 Å². The van der Waals surface area contributed by atoms with Crippen LogP contribution in [0.25, 0.3) is 0 Å². The molecular formula is C24H18F4N6O2S. The molecule has 0 aliphatic carbocycles. The van der Waals surface area contributed by atoms with E-state index in [-0.39, 0.29) is 34.4 Å². The summed E-state index contributed by atoms with van der Waals surface area (Å²) in [6, 6.07) is 8.36. The quantitative estimate of drug-likeness (QED) is 0.377. The van der Waals surface area contributed by atoms with E-state index in [1.54, 1.807) is 0 Å². The molecule has 2 amide bonds. The molecule has 0 radical (unpaired) electrons. The fraction of sp³-hybridized carbons (Fsp3) is 0.208. The smallest absolute Gasteiger partial charge is 0.345 e. The number of benzene rings is 2. The highest BCUT2D eigenvalue weighted by atomic mass is 32.1. The molecule has 8 nitrogen and oxygen atoms in total. The largest absolute Gasteiger partial charge is 0.417 e. The van der Waals surface area contributed by atoms with Gasteiger partial charge in [0.05, 0.1) is 22.9 Å². The zero-order valence-electron chi connectivity index (χ0n) is 19.4. The zero-order valence-corrected chi connectivity index (χ0v) is 20.2. The molecule has 2 N–H and O–H groups in total. The van der Waals surface area contributed by atoms with Crippen molar-refractivity contribution in [3.8, 4) is 6.07 Å². The van der Waals surface area contributed by atoms with Gasteiger partial charge in [0.1, 0.15) is 11.4 Å². The number of rotatable bonds is 5. The standard InChI is InChI=1S/C24H18F4N6O2S/c1-23(2)21(36)33(15-5-3-13(11-29)17(9-15)24(26,27)28)22(37)34(23)16-6-4-14(18(25)10-16)12-32-20(35)19-30-7-8-31-19/h3-10H,12H2,1-2H3,(H,30,31)(H,32,35). The van der Waals surface area contributed by atoms with E-state index < -0.39 is 40.5 Å². The first kappa shape index (κ1) is 25.8. The van der Waals surface area contributed by atoms with Crippen molar-refractivity contribution < 1.29 is 27.2 Å². The van der Waals surface area contributed by atoms with Gasteiger partial charge >= 0.3 is 6.18 Å². The molecule has 1 aliphatic rings. The second-order valence-electron chi connectivity index (χ2n) is 8.55. The van der Waals surface area contributed by atoms with E-state index in [0.717, 1.165) is 17.0 Å². The van der Waals surface area contributed by atoms with Gasteiger partial charge in [0.25, 0.3) is 11.8 Å². The number of nitriles is 1. The fourth-order valence-corrected chi connectivity index (χ4v) is 4.45. The molecule has 1 saturated heterocycles. The van der Waals surface area contributed by atoms with Gasteiger partial charge in [0.2, 0.25) is 0 Å². The molecule has 4 rings (SSSR count). The molecule has 0 saturated carbocycles. The van der Waals surface area contributed by atoms with E-state index in [4.69, 9.17) is 17.5 Å². The average Bonchev–Trinajstić information content (AvgIpc) is 3.43. The molecule has 1 aliphatic heterocycles. The Bertz CT molecular complexity index is 1450. The molecule has 0 atom stereocenters. The number of anilines is 2. The van der Waals surface area contributed by atoms with Gasteiger partial charge in [-0.1, -0.05) is 6.07 Å². The summed E-state index contributed by atoms with van der Waals surface area (Å²) in [5.74, 6) is -1.79. The Balaban J connectivity index is 1.63. The van der Waals surface area contributed by atoms with Crippen LogP contribution in [-0.2, 0) is 17.5 Å². The van der Waals surface area contributed by atoms with Crippen molar-refractivity contribution in [1.29, 1.82) is 5.26 Å². The third-order valence-electron chi connectivity index (χ3n) is 5.80. The van der Waals surface area contributed by atoms with Crippen molar-refractivity contribution in [1.82, 2.24) is 15.3 Å². The lowest BCUT2D eigenvalue weighted by Gasteiger charge is -2.29. The third kappa shape index (κ3) is 4.63. The van der Waals surface area contributed by atoms with Crippen molar-refractivity contribution >= 4 is 40.5 Å². The molecular weight excluding hydrogens is 512 g/mol. The van der Waals surface area contributed by atoms with Gasteiger partial charge in [-0.05, 0) is 56.4 Å². The highest BCUT2D eigenvalue weighted by Crippen LogP contribution is 2.39. The number of amides is 2. The van der Waals surface area contributed by atoms with Crippen LogP contribution in [-0.4, -0.2) is 32.4 Å². The molecule has 3 aromatic rings. The summed E-state index contributed by atoms with van der Waals surface area (Å²) in [5.41, 5.74) is -3.00. The molecule has 2 aromatic carbocycles. The fourth-order valence-electron chi connectivity index (χ4n) is 3.93. The normalized spacial score (nSPS) is 15.2. The average molecular weight is 531 g/mol. The van der Waals surface area contributed by atoms with Gasteiger partial charge in [-0.2, -0.15) is 18.4 Å². The van der Waals surface area contributed by atoms with E-state index in [1.807, 2.05) is 0 Å². The van der Waals surface area contributed by atoms with E-state index in [9.17, 15) is 27.2 Å². The number of thiocarbonyl (C=S) groups is 1. The summed E-state index contributed by atoms with van der Waals surface area (Å²) < 4.78 is 55.4. The maximum Gasteiger partial charge on any atom is 0.417 e. The van der Waals surface area contributed by atoms with Crippen LogP contribution in [0.3, 0.4) is 0 Å². The highest BCUT2D eigenvalue weighted by Gasteiger charge is 2.50. The first-order valence-corrected chi connectivity index (χ1v) is 11.1. The van der Waals surface area contributed by atoms with Crippen molar-refractivity contribution in [2.24, 2.45) is 0 Å². The second kappa shape index (κ2) is 9.29. The Morgan fingerprint density at radius 3 is 2.51 bits per heavy atom. The topological polar surface area (TPSA) is 105 Å². The summed E-state index contributed by atoms with van der Waals surface area (Å²) >= 11 is 5.45. The van der Waals surface area contributed by atoms with E-state index >= 15 is 0 Å². The lowest BCUT2D eigenvalue weighted by molar-refractivity contribution is -0.137. The molecule has 1 fully saturated rings. The third-order valence-corrected chi connectivity index (χ3v) is 6.17. The van der Waals surface area contributed by atoms with Gasteiger partial charge in [-0.15, -0.1) is 0 Å². The number of nitrogens with one attached hydrogen (secondary N) is 2. The Labute approximate surface area is 213 Å². The molecule has 13 heteroatoms. The molecule has 2 heterocycles. The number of hydrogen-bond acceptors (Lipinski definition) is 5. The van der Waals surface area contributed by atoms with Crippen LogP contribution in [0, 0.1) is 17.1 Å². The Morgan fingerprint density at radius 2 is 1.92 bits per heavy atom. The number of nitrogens with zero attached hydrogens (tertiary/aromatic N) is 4. The molecule has 37 heavy (non-hydrogen) atoms. The van der Waals surface area contributed by atoms with Gasteiger partial charge in [-0.25, -0.2) is 9.37 Å². The number of alkyl halides is 3. The Hall–Kier alpha value is -4.31. The summed E-state index contributed by atoms with van der Waals surface area (Å²) in [6.07, 6.45) is -1.96. The molecule has 0 unspecified atom stereocenters. The highest BCUT2D eigenvalue weighted by molar-refractivity contribution is 7.81. The summed E-state index contributed by atoms with van der Waals surface area (Å²) in [4.78, 5) is 34.0. The molecule has 0 bridgehead atoms. The number of imidazole rings is 1. The van der Waals surface area contributed by atoms with Gasteiger partial charge in [-0.3, -0.25) is 14.5 Å². The van der Waals surface area contributed by atoms with Crippen molar-refractivity contribution in [3.63, 3.8) is 0 Å². The minimum absolute atomic E-state index is 0.0660. The van der Waals surface area contributed by atoms with Gasteiger partial charge in [0, 0.05) is 30.2 Å². The number of aromatic nitrogens is 2. The second-order valence-corrected chi connectivity index (χ2v) is 8.92. The summed E-state index contributed by atoms with van der Waals surface area (Å²) in [6.45, 7) is 2.87. The van der Waals surface area contributed by atoms with Crippen LogP contribution in [0.2, 0.25) is 0 Å². The maximum absolute atomic E-state index is 15.0. The zero-order chi connectivity index (χ0) is 27.1. The van der Waals surface area contributed by atoms with Crippen molar-refractivity contribution in [2.45, 2.75) is 32.1 Å². The first-order valence-electron chi connectivity index (χ1n) is 10.7. The molecule has 1 aromatic heterocycles. The monoisotopic (exact) mass is 530 g/mol. The van der Waals surface area contributed by atoms with E-state index in [2.05, 4.69) is 15.3 Å². The van der Waals surface area contributed by atoms with Gasteiger partial charge < -0.3 is 15.2 Å². The van der Waals surface area contributed by atoms with E-state index in [1.165, 1.54) is 55.4 Å².